The zero-order chi connectivity index (χ0) is 18.8. The van der Waals surface area contributed by atoms with Gasteiger partial charge < -0.3 is 15.0 Å². The smallest absolute Gasteiger partial charge is 0.268 e. The maximum Gasteiger partial charge on any atom is 0.268 e. The van der Waals surface area contributed by atoms with Gasteiger partial charge in [0.1, 0.15) is 5.69 Å². The summed E-state index contributed by atoms with van der Waals surface area (Å²) in [7, 11) is 0. The lowest BCUT2D eigenvalue weighted by Gasteiger charge is -2.34. The highest BCUT2D eigenvalue weighted by Gasteiger charge is 2.28. The van der Waals surface area contributed by atoms with Crippen molar-refractivity contribution in [2.75, 3.05) is 32.8 Å². The molecule has 2 aromatic rings. The molecule has 0 unspecified atom stereocenters. The van der Waals surface area contributed by atoms with Crippen molar-refractivity contribution in [1.29, 1.82) is 0 Å². The number of H-pyrrole nitrogens is 1. The van der Waals surface area contributed by atoms with Crippen LogP contribution in [0.1, 0.15) is 55.9 Å². The summed E-state index contributed by atoms with van der Waals surface area (Å²) in [4.78, 5) is 31.9. The lowest BCUT2D eigenvalue weighted by molar-refractivity contribution is 0.0169. The van der Waals surface area contributed by atoms with Crippen LogP contribution in [0.25, 0.3) is 0 Å². The summed E-state index contributed by atoms with van der Waals surface area (Å²) >= 11 is 1.71. The second-order valence-electron chi connectivity index (χ2n) is 7.14. The molecule has 0 radical (unpaired) electrons. The van der Waals surface area contributed by atoms with Gasteiger partial charge in [0, 0.05) is 42.2 Å². The lowest BCUT2D eigenvalue weighted by Crippen LogP contribution is -2.43. The van der Waals surface area contributed by atoms with Crippen molar-refractivity contribution in [3.05, 3.63) is 44.9 Å². The number of aromatic nitrogens is 1. The molecule has 27 heavy (non-hydrogen) atoms. The second-order valence-corrected chi connectivity index (χ2v) is 8.12. The molecule has 1 aliphatic carbocycles. The molecular formula is C20H25N3O3S. The summed E-state index contributed by atoms with van der Waals surface area (Å²) in [5.74, 6) is 0.0124. The number of carbonyl (C=O) groups excluding carboxylic acids is 2. The van der Waals surface area contributed by atoms with E-state index in [1.807, 2.05) is 13.0 Å². The molecule has 0 bridgehead atoms. The van der Waals surface area contributed by atoms with Crippen LogP contribution in [0.2, 0.25) is 0 Å². The first-order valence-electron chi connectivity index (χ1n) is 9.53. The number of ether oxygens (including phenoxy) is 1. The molecule has 1 fully saturated rings. The molecule has 0 aromatic carbocycles. The Kier molecular flexibility index (Phi) is 5.43. The summed E-state index contributed by atoms with van der Waals surface area (Å²) in [6.07, 6.45) is 2.26. The Balaban J connectivity index is 1.49. The van der Waals surface area contributed by atoms with E-state index >= 15 is 0 Å². The molecule has 3 heterocycles. The maximum atomic E-state index is 12.9. The lowest BCUT2D eigenvalue weighted by atomic mass is 9.94. The van der Waals surface area contributed by atoms with Crippen LogP contribution >= 0.6 is 11.3 Å². The van der Waals surface area contributed by atoms with Crippen molar-refractivity contribution in [3.8, 4) is 0 Å². The summed E-state index contributed by atoms with van der Waals surface area (Å²) in [6, 6.07) is 4.31. The highest BCUT2D eigenvalue weighted by molar-refractivity contribution is 7.10. The Morgan fingerprint density at radius 1 is 1.37 bits per heavy atom. The van der Waals surface area contributed by atoms with E-state index in [0.717, 1.165) is 56.0 Å². The van der Waals surface area contributed by atoms with E-state index in [0.29, 0.717) is 18.7 Å². The predicted octanol–water partition coefficient (Wildman–Crippen LogP) is 2.71. The quantitative estimate of drug-likeness (QED) is 0.827. The van der Waals surface area contributed by atoms with Crippen LogP contribution in [0.4, 0.5) is 0 Å². The van der Waals surface area contributed by atoms with Crippen molar-refractivity contribution in [1.82, 2.24) is 15.2 Å². The van der Waals surface area contributed by atoms with Gasteiger partial charge in [-0.1, -0.05) is 6.07 Å². The zero-order valence-corrected chi connectivity index (χ0v) is 16.4. The van der Waals surface area contributed by atoms with E-state index < -0.39 is 0 Å². The van der Waals surface area contributed by atoms with Crippen LogP contribution in [-0.4, -0.2) is 54.4 Å². The van der Waals surface area contributed by atoms with E-state index in [4.69, 9.17) is 4.74 Å². The minimum Gasteiger partial charge on any atom is -0.379 e. The number of thiophene rings is 1. The molecular weight excluding hydrogens is 362 g/mol. The van der Waals surface area contributed by atoms with Crippen molar-refractivity contribution in [2.24, 2.45) is 0 Å². The number of ketones is 1. The number of fused-ring (bicyclic) bond motifs is 1. The Morgan fingerprint density at radius 3 is 2.89 bits per heavy atom. The van der Waals surface area contributed by atoms with Crippen LogP contribution in [0.3, 0.4) is 0 Å². The molecule has 2 aliphatic rings. The fraction of sp³-hybridized carbons (Fsp3) is 0.500. The molecule has 2 N–H and O–H groups in total. The number of amides is 1. The number of nitrogens with one attached hydrogen (secondary N) is 2. The number of hydrogen-bond acceptors (Lipinski definition) is 5. The van der Waals surface area contributed by atoms with Gasteiger partial charge in [0.15, 0.2) is 5.78 Å². The Hall–Kier alpha value is -1.96. The fourth-order valence-electron chi connectivity index (χ4n) is 4.06. The largest absolute Gasteiger partial charge is 0.379 e. The average molecular weight is 388 g/mol. The number of Topliss-reactive ketones (excluding diaryl/α,β-unsaturated/α-hetero) is 1. The van der Waals surface area contributed by atoms with Gasteiger partial charge in [-0.05, 0) is 36.8 Å². The highest BCUT2D eigenvalue weighted by atomic mass is 32.1. The second kappa shape index (κ2) is 7.96. The Labute approximate surface area is 162 Å². The summed E-state index contributed by atoms with van der Waals surface area (Å²) in [5.41, 5.74) is 2.96. The number of carbonyl (C=O) groups is 2. The van der Waals surface area contributed by atoms with Gasteiger partial charge in [0.2, 0.25) is 0 Å². The molecule has 7 heteroatoms. The minimum absolute atomic E-state index is 0.135. The van der Waals surface area contributed by atoms with Gasteiger partial charge in [-0.15, -0.1) is 11.3 Å². The van der Waals surface area contributed by atoms with Crippen LogP contribution in [0.5, 0.6) is 0 Å². The molecule has 0 spiro atoms. The van der Waals surface area contributed by atoms with E-state index in [1.165, 1.54) is 4.88 Å². The number of aromatic amines is 1. The minimum atomic E-state index is -0.135. The SMILES string of the molecule is Cc1c(C(=O)NC[C@@H](c2cccs2)N2CCOCC2)[nH]c2c1C(=O)CCC2. The Bertz CT molecular complexity index is 822. The molecule has 6 nitrogen and oxygen atoms in total. The van der Waals surface area contributed by atoms with Crippen LogP contribution < -0.4 is 5.32 Å². The fourth-order valence-corrected chi connectivity index (χ4v) is 4.92. The average Bonchev–Trinajstić information content (AvgIpc) is 3.32. The first-order chi connectivity index (χ1) is 13.1. The molecule has 1 atom stereocenters. The molecule has 2 aromatic heterocycles. The predicted molar refractivity (Wildman–Crippen MR) is 105 cm³/mol. The van der Waals surface area contributed by atoms with Crippen LogP contribution in [0.15, 0.2) is 17.5 Å². The maximum absolute atomic E-state index is 12.9. The first-order valence-corrected chi connectivity index (χ1v) is 10.4. The number of aryl methyl sites for hydroxylation is 1. The van der Waals surface area contributed by atoms with Gasteiger partial charge >= 0.3 is 0 Å². The number of nitrogens with zero attached hydrogens (tertiary/aromatic N) is 1. The van der Waals surface area contributed by atoms with Crippen LogP contribution in [-0.2, 0) is 11.2 Å². The van der Waals surface area contributed by atoms with Gasteiger partial charge in [0.25, 0.3) is 5.91 Å². The van der Waals surface area contributed by atoms with Crippen molar-refractivity contribution in [3.63, 3.8) is 0 Å². The zero-order valence-electron chi connectivity index (χ0n) is 15.5. The number of morpholine rings is 1. The monoisotopic (exact) mass is 387 g/mol. The molecule has 1 amide bonds. The molecule has 4 rings (SSSR count). The van der Waals surface area contributed by atoms with E-state index in [-0.39, 0.29) is 17.7 Å². The van der Waals surface area contributed by atoms with E-state index in [1.54, 1.807) is 11.3 Å². The van der Waals surface area contributed by atoms with Gasteiger partial charge in [0.05, 0.1) is 19.3 Å². The van der Waals surface area contributed by atoms with Crippen molar-refractivity contribution < 1.29 is 14.3 Å². The third-order valence-electron chi connectivity index (χ3n) is 5.48. The topological polar surface area (TPSA) is 74.4 Å². The number of rotatable bonds is 5. The first kappa shape index (κ1) is 18.4. The summed E-state index contributed by atoms with van der Waals surface area (Å²) < 4.78 is 5.47. The third-order valence-corrected chi connectivity index (χ3v) is 6.45. The summed E-state index contributed by atoms with van der Waals surface area (Å²) in [5, 5.41) is 5.16. The van der Waals surface area contributed by atoms with E-state index in [9.17, 15) is 9.59 Å². The highest BCUT2D eigenvalue weighted by Crippen LogP contribution is 2.28. The molecule has 1 saturated heterocycles. The van der Waals surface area contributed by atoms with Gasteiger partial charge in [-0.2, -0.15) is 0 Å². The van der Waals surface area contributed by atoms with Gasteiger partial charge in [-0.25, -0.2) is 0 Å². The molecule has 144 valence electrons. The number of hydrogen-bond donors (Lipinski definition) is 2. The van der Waals surface area contributed by atoms with Crippen LogP contribution in [0, 0.1) is 6.92 Å². The van der Waals surface area contributed by atoms with Crippen molar-refractivity contribution in [2.45, 2.75) is 32.2 Å². The normalized spacial score (nSPS) is 18.9. The standard InChI is InChI=1S/C20H25N3O3S/c1-13-18-14(4-2-5-16(18)24)22-19(13)20(25)21-12-15(17-6-3-11-27-17)23-7-9-26-10-8-23/h3,6,11,15,22H,2,4-5,7-10,12H2,1H3,(H,21,25)/t15-/m0/s1. The van der Waals surface area contributed by atoms with Gasteiger partial charge in [-0.3, -0.25) is 14.5 Å². The summed E-state index contributed by atoms with van der Waals surface area (Å²) in [6.45, 7) is 5.58. The molecule has 0 saturated carbocycles. The third kappa shape index (κ3) is 3.72. The van der Waals surface area contributed by atoms with E-state index in [2.05, 4.69) is 26.6 Å². The molecule has 1 aliphatic heterocycles. The van der Waals surface area contributed by atoms with Crippen molar-refractivity contribution >= 4 is 23.0 Å². The Morgan fingerprint density at radius 2 is 2.19 bits per heavy atom.